The molecule has 22 heavy (non-hydrogen) atoms. The van der Waals surface area contributed by atoms with Crippen LogP contribution < -0.4 is 9.47 Å². The zero-order valence-corrected chi connectivity index (χ0v) is 13.1. The van der Waals surface area contributed by atoms with Gasteiger partial charge in [-0.25, -0.2) is 4.98 Å². The minimum atomic E-state index is 0.0380. The molecular formula is C17H20N2O3. The van der Waals surface area contributed by atoms with E-state index in [9.17, 15) is 4.79 Å². The highest BCUT2D eigenvalue weighted by Crippen LogP contribution is 2.16. The van der Waals surface area contributed by atoms with E-state index < -0.39 is 0 Å². The fourth-order valence-electron chi connectivity index (χ4n) is 2.12. The lowest BCUT2D eigenvalue weighted by Gasteiger charge is -2.18. The van der Waals surface area contributed by atoms with E-state index in [1.165, 1.54) is 0 Å². The number of nitrogens with zero attached hydrogens (tertiary/aromatic N) is 2. The smallest absolute Gasteiger partial charge is 0.227 e. The van der Waals surface area contributed by atoms with E-state index in [1.54, 1.807) is 32.4 Å². The summed E-state index contributed by atoms with van der Waals surface area (Å²) in [7, 11) is 4.97. The van der Waals surface area contributed by atoms with Crippen LogP contribution in [0, 0.1) is 0 Å². The van der Waals surface area contributed by atoms with Crippen molar-refractivity contribution in [1.29, 1.82) is 0 Å². The van der Waals surface area contributed by atoms with Gasteiger partial charge < -0.3 is 14.4 Å². The highest BCUT2D eigenvalue weighted by Gasteiger charge is 2.13. The molecule has 116 valence electrons. The van der Waals surface area contributed by atoms with Crippen LogP contribution >= 0.6 is 0 Å². The number of hydrogen-bond acceptors (Lipinski definition) is 4. The number of methoxy groups -OCH3 is 2. The number of likely N-dealkylation sites (N-methyl/N-ethyl adjacent to an activating group) is 1. The predicted octanol–water partition coefficient (Wildman–Crippen LogP) is 2.30. The zero-order valence-electron chi connectivity index (χ0n) is 13.1. The maximum atomic E-state index is 12.3. The third-order valence-electron chi connectivity index (χ3n) is 3.39. The average Bonchev–Trinajstić information content (AvgIpc) is 2.56. The Morgan fingerprint density at radius 2 is 1.86 bits per heavy atom. The molecule has 0 bridgehead atoms. The Bertz CT molecular complexity index is 626. The number of benzene rings is 1. The first-order valence-corrected chi connectivity index (χ1v) is 6.99. The molecule has 0 N–H and O–H groups in total. The highest BCUT2D eigenvalue weighted by atomic mass is 16.5. The van der Waals surface area contributed by atoms with E-state index in [2.05, 4.69) is 4.98 Å². The molecule has 0 aliphatic heterocycles. The van der Waals surface area contributed by atoms with E-state index >= 15 is 0 Å². The molecule has 0 saturated carbocycles. The molecule has 0 radical (unpaired) electrons. The zero-order chi connectivity index (χ0) is 15.9. The molecule has 1 amide bonds. The molecule has 0 unspecified atom stereocenters. The lowest BCUT2D eigenvalue weighted by Crippen LogP contribution is -2.28. The van der Waals surface area contributed by atoms with Crippen molar-refractivity contribution in [3.63, 3.8) is 0 Å². The minimum absolute atomic E-state index is 0.0380. The molecule has 0 spiro atoms. The molecule has 5 nitrogen and oxygen atoms in total. The number of pyridine rings is 1. The van der Waals surface area contributed by atoms with Gasteiger partial charge in [-0.2, -0.15) is 0 Å². The van der Waals surface area contributed by atoms with Gasteiger partial charge in [-0.15, -0.1) is 0 Å². The third kappa shape index (κ3) is 3.97. The molecule has 0 fully saturated rings. The average molecular weight is 300 g/mol. The van der Waals surface area contributed by atoms with E-state index in [0.29, 0.717) is 18.8 Å². The summed E-state index contributed by atoms with van der Waals surface area (Å²) in [5, 5.41) is 0. The van der Waals surface area contributed by atoms with E-state index in [-0.39, 0.29) is 5.91 Å². The summed E-state index contributed by atoms with van der Waals surface area (Å²) in [6.45, 7) is 0.464. The van der Waals surface area contributed by atoms with E-state index in [4.69, 9.17) is 9.47 Å². The number of ether oxygens (including phenoxy) is 2. The topological polar surface area (TPSA) is 51.7 Å². The number of carbonyl (C=O) groups is 1. The van der Waals surface area contributed by atoms with Gasteiger partial charge in [0.15, 0.2) is 0 Å². The molecule has 1 heterocycles. The monoisotopic (exact) mass is 300 g/mol. The first-order valence-electron chi connectivity index (χ1n) is 6.99. The first-order chi connectivity index (χ1) is 10.6. The number of amides is 1. The van der Waals surface area contributed by atoms with Gasteiger partial charge in [0.25, 0.3) is 0 Å². The van der Waals surface area contributed by atoms with Crippen LogP contribution in [0.1, 0.15) is 11.1 Å². The number of aromatic nitrogens is 1. The maximum absolute atomic E-state index is 12.3. The summed E-state index contributed by atoms with van der Waals surface area (Å²) in [5.41, 5.74) is 1.84. The Morgan fingerprint density at radius 1 is 1.14 bits per heavy atom. The van der Waals surface area contributed by atoms with Crippen molar-refractivity contribution in [2.45, 2.75) is 13.0 Å². The highest BCUT2D eigenvalue weighted by molar-refractivity contribution is 5.78. The second kappa shape index (κ2) is 7.45. The molecule has 1 aromatic heterocycles. The fraction of sp³-hybridized carbons (Fsp3) is 0.294. The van der Waals surface area contributed by atoms with Gasteiger partial charge in [-0.05, 0) is 23.8 Å². The van der Waals surface area contributed by atoms with Crippen molar-refractivity contribution < 1.29 is 14.3 Å². The molecule has 0 atom stereocenters. The number of rotatable bonds is 6. The lowest BCUT2D eigenvalue weighted by atomic mass is 10.1. The molecule has 5 heteroatoms. The maximum Gasteiger partial charge on any atom is 0.227 e. The first kappa shape index (κ1) is 15.8. The number of carbonyl (C=O) groups excluding carboxylic acids is 1. The minimum Gasteiger partial charge on any atom is -0.497 e. The normalized spacial score (nSPS) is 10.1. The van der Waals surface area contributed by atoms with Crippen molar-refractivity contribution in [2.75, 3.05) is 21.3 Å². The summed E-state index contributed by atoms with van der Waals surface area (Å²) >= 11 is 0. The van der Waals surface area contributed by atoms with Crippen LogP contribution in [0.25, 0.3) is 0 Å². The largest absolute Gasteiger partial charge is 0.497 e. The lowest BCUT2D eigenvalue weighted by molar-refractivity contribution is -0.129. The van der Waals surface area contributed by atoms with E-state index in [0.717, 1.165) is 16.9 Å². The second-order valence-corrected chi connectivity index (χ2v) is 4.95. The summed E-state index contributed by atoms with van der Waals surface area (Å²) < 4.78 is 10.3. The Balaban J connectivity index is 1.99. The van der Waals surface area contributed by atoms with Crippen LogP contribution in [0.2, 0.25) is 0 Å². The standard InChI is InChI=1S/C17H20N2O3/c1-19(12-14-5-4-10-18-17(14)22-3)16(20)11-13-6-8-15(21-2)9-7-13/h4-10H,11-12H2,1-3H3. The predicted molar refractivity (Wildman–Crippen MR) is 84.0 cm³/mol. The third-order valence-corrected chi connectivity index (χ3v) is 3.39. The van der Waals surface area contributed by atoms with Gasteiger partial charge in [0.05, 0.1) is 27.2 Å². The Kier molecular flexibility index (Phi) is 5.36. The van der Waals surface area contributed by atoms with Crippen molar-refractivity contribution in [1.82, 2.24) is 9.88 Å². The van der Waals surface area contributed by atoms with Crippen LogP contribution in [0.15, 0.2) is 42.6 Å². The van der Waals surface area contributed by atoms with Gasteiger partial charge in [-0.1, -0.05) is 18.2 Å². The molecular weight excluding hydrogens is 280 g/mol. The van der Waals surface area contributed by atoms with Crippen molar-refractivity contribution in [3.8, 4) is 11.6 Å². The van der Waals surface area contributed by atoms with Crippen molar-refractivity contribution in [2.24, 2.45) is 0 Å². The number of hydrogen-bond donors (Lipinski definition) is 0. The summed E-state index contributed by atoms with van der Waals surface area (Å²) in [4.78, 5) is 18.1. The second-order valence-electron chi connectivity index (χ2n) is 4.95. The van der Waals surface area contributed by atoms with Gasteiger partial charge in [0, 0.05) is 18.8 Å². The molecule has 1 aromatic carbocycles. The quantitative estimate of drug-likeness (QED) is 0.821. The molecule has 2 aromatic rings. The van der Waals surface area contributed by atoms with Gasteiger partial charge in [0.2, 0.25) is 11.8 Å². The molecule has 0 aliphatic rings. The molecule has 2 rings (SSSR count). The van der Waals surface area contributed by atoms with Crippen LogP contribution in [0.5, 0.6) is 11.6 Å². The summed E-state index contributed by atoms with van der Waals surface area (Å²) in [6.07, 6.45) is 2.02. The van der Waals surface area contributed by atoms with Crippen LogP contribution in [-0.2, 0) is 17.8 Å². The van der Waals surface area contributed by atoms with E-state index in [1.807, 2.05) is 36.4 Å². The van der Waals surface area contributed by atoms with Crippen LogP contribution in [-0.4, -0.2) is 37.1 Å². The SMILES string of the molecule is COc1ccc(CC(=O)N(C)Cc2cccnc2OC)cc1. The fourth-order valence-corrected chi connectivity index (χ4v) is 2.12. The summed E-state index contributed by atoms with van der Waals surface area (Å²) in [6, 6.07) is 11.2. The van der Waals surface area contributed by atoms with Crippen molar-refractivity contribution in [3.05, 3.63) is 53.7 Å². The molecule has 0 saturated heterocycles. The van der Waals surface area contributed by atoms with Gasteiger partial charge in [0.1, 0.15) is 5.75 Å². The van der Waals surface area contributed by atoms with Crippen molar-refractivity contribution >= 4 is 5.91 Å². The Hall–Kier alpha value is -2.56. The van der Waals surface area contributed by atoms with Crippen LogP contribution in [0.3, 0.4) is 0 Å². The summed E-state index contributed by atoms with van der Waals surface area (Å²) in [5.74, 6) is 1.37. The Labute approximate surface area is 130 Å². The van der Waals surface area contributed by atoms with Gasteiger partial charge >= 0.3 is 0 Å². The van der Waals surface area contributed by atoms with Gasteiger partial charge in [-0.3, -0.25) is 4.79 Å². The Morgan fingerprint density at radius 3 is 2.50 bits per heavy atom. The van der Waals surface area contributed by atoms with Crippen LogP contribution in [0.4, 0.5) is 0 Å². The molecule has 0 aliphatic carbocycles.